The van der Waals surface area contributed by atoms with Crippen molar-refractivity contribution in [2.45, 2.75) is 19.8 Å². The van der Waals surface area contributed by atoms with Crippen LogP contribution in [0.3, 0.4) is 0 Å². The monoisotopic (exact) mass is 163 g/mol. The SMILES string of the molecule is C/C(CCc1ccccc1)=N/O. The third kappa shape index (κ3) is 2.74. The maximum atomic E-state index is 8.40. The summed E-state index contributed by atoms with van der Waals surface area (Å²) in [5.74, 6) is 0. The molecule has 1 N–H and O–H groups in total. The smallest absolute Gasteiger partial charge is 0.0543 e. The zero-order valence-corrected chi connectivity index (χ0v) is 7.20. The highest BCUT2D eigenvalue weighted by Crippen LogP contribution is 2.02. The molecule has 0 saturated carbocycles. The first-order chi connectivity index (χ1) is 5.83. The highest BCUT2D eigenvalue weighted by atomic mass is 16.4. The predicted octanol–water partition coefficient (Wildman–Crippen LogP) is 2.47. The van der Waals surface area contributed by atoms with E-state index in [0.717, 1.165) is 18.6 Å². The van der Waals surface area contributed by atoms with Gasteiger partial charge in [0.05, 0.1) is 5.71 Å². The Labute approximate surface area is 72.5 Å². The Hall–Kier alpha value is -1.31. The fourth-order valence-corrected chi connectivity index (χ4v) is 1.02. The zero-order valence-electron chi connectivity index (χ0n) is 7.20. The minimum atomic E-state index is 0.777. The first kappa shape index (κ1) is 8.78. The minimum Gasteiger partial charge on any atom is -0.411 e. The Balaban J connectivity index is 2.44. The van der Waals surface area contributed by atoms with Crippen molar-refractivity contribution < 1.29 is 5.21 Å². The van der Waals surface area contributed by atoms with Crippen LogP contribution in [-0.2, 0) is 6.42 Å². The summed E-state index contributed by atoms with van der Waals surface area (Å²) in [4.78, 5) is 0. The molecule has 0 aliphatic carbocycles. The van der Waals surface area contributed by atoms with Crippen LogP contribution >= 0.6 is 0 Å². The molecule has 0 saturated heterocycles. The van der Waals surface area contributed by atoms with Crippen LogP contribution in [-0.4, -0.2) is 10.9 Å². The molecule has 0 unspecified atom stereocenters. The van der Waals surface area contributed by atoms with E-state index < -0.39 is 0 Å². The molecular formula is C10H13NO. The van der Waals surface area contributed by atoms with Crippen LogP contribution in [0.15, 0.2) is 35.5 Å². The van der Waals surface area contributed by atoms with E-state index in [1.165, 1.54) is 5.56 Å². The topological polar surface area (TPSA) is 32.6 Å². The highest BCUT2D eigenvalue weighted by molar-refractivity contribution is 5.81. The van der Waals surface area contributed by atoms with Gasteiger partial charge in [-0.1, -0.05) is 35.5 Å². The first-order valence-electron chi connectivity index (χ1n) is 4.04. The standard InChI is InChI=1S/C10H13NO/c1-9(11-12)7-8-10-5-3-2-4-6-10/h2-6,12H,7-8H2,1H3/b11-9-. The molecule has 0 radical (unpaired) electrons. The van der Waals surface area contributed by atoms with Crippen LogP contribution in [0.2, 0.25) is 0 Å². The average molecular weight is 163 g/mol. The van der Waals surface area contributed by atoms with Gasteiger partial charge in [-0.05, 0) is 25.3 Å². The Morgan fingerprint density at radius 2 is 2.00 bits per heavy atom. The van der Waals surface area contributed by atoms with Gasteiger partial charge >= 0.3 is 0 Å². The third-order valence-corrected chi connectivity index (χ3v) is 1.79. The van der Waals surface area contributed by atoms with E-state index in [2.05, 4.69) is 17.3 Å². The molecule has 0 aromatic heterocycles. The van der Waals surface area contributed by atoms with Gasteiger partial charge in [-0.15, -0.1) is 0 Å². The summed E-state index contributed by atoms with van der Waals surface area (Å²) in [5.41, 5.74) is 2.05. The second-order valence-electron chi connectivity index (χ2n) is 2.82. The Morgan fingerprint density at radius 1 is 1.33 bits per heavy atom. The molecular weight excluding hydrogens is 150 g/mol. The molecule has 0 heterocycles. The van der Waals surface area contributed by atoms with Crippen molar-refractivity contribution in [3.05, 3.63) is 35.9 Å². The number of nitrogens with zero attached hydrogens (tertiary/aromatic N) is 1. The van der Waals surface area contributed by atoms with Gasteiger partial charge in [0.1, 0.15) is 0 Å². The summed E-state index contributed by atoms with van der Waals surface area (Å²) >= 11 is 0. The molecule has 1 aromatic carbocycles. The van der Waals surface area contributed by atoms with E-state index in [0.29, 0.717) is 0 Å². The quantitative estimate of drug-likeness (QED) is 0.414. The van der Waals surface area contributed by atoms with E-state index in [1.807, 2.05) is 25.1 Å². The fraction of sp³-hybridized carbons (Fsp3) is 0.300. The molecule has 0 aliphatic heterocycles. The number of hydrogen-bond donors (Lipinski definition) is 1. The van der Waals surface area contributed by atoms with Crippen molar-refractivity contribution in [2.24, 2.45) is 5.16 Å². The lowest BCUT2D eigenvalue weighted by atomic mass is 10.1. The van der Waals surface area contributed by atoms with E-state index in [1.54, 1.807) is 0 Å². The second-order valence-corrected chi connectivity index (χ2v) is 2.82. The van der Waals surface area contributed by atoms with Gasteiger partial charge in [0.25, 0.3) is 0 Å². The Kier molecular flexibility index (Phi) is 3.33. The zero-order chi connectivity index (χ0) is 8.81. The lowest BCUT2D eigenvalue weighted by Crippen LogP contribution is -1.94. The number of hydrogen-bond acceptors (Lipinski definition) is 2. The molecule has 2 heteroatoms. The van der Waals surface area contributed by atoms with E-state index in [4.69, 9.17) is 5.21 Å². The van der Waals surface area contributed by atoms with E-state index in [9.17, 15) is 0 Å². The third-order valence-electron chi connectivity index (χ3n) is 1.79. The van der Waals surface area contributed by atoms with Crippen molar-refractivity contribution in [2.75, 3.05) is 0 Å². The fourth-order valence-electron chi connectivity index (χ4n) is 1.02. The van der Waals surface area contributed by atoms with Gasteiger partial charge < -0.3 is 5.21 Å². The lowest BCUT2D eigenvalue weighted by molar-refractivity contribution is 0.317. The van der Waals surface area contributed by atoms with Crippen LogP contribution in [0.5, 0.6) is 0 Å². The average Bonchev–Trinajstić information content (AvgIpc) is 2.16. The molecule has 0 fully saturated rings. The molecule has 1 rings (SSSR count). The summed E-state index contributed by atoms with van der Waals surface area (Å²) in [6.45, 7) is 1.82. The molecule has 0 aliphatic rings. The van der Waals surface area contributed by atoms with Gasteiger partial charge in [0.2, 0.25) is 0 Å². The predicted molar refractivity (Wildman–Crippen MR) is 49.7 cm³/mol. The van der Waals surface area contributed by atoms with Crippen LogP contribution < -0.4 is 0 Å². The normalized spacial score (nSPS) is 11.6. The number of oxime groups is 1. The highest BCUT2D eigenvalue weighted by Gasteiger charge is 1.93. The lowest BCUT2D eigenvalue weighted by Gasteiger charge is -1.98. The molecule has 0 atom stereocenters. The number of benzene rings is 1. The number of aryl methyl sites for hydroxylation is 1. The summed E-state index contributed by atoms with van der Waals surface area (Å²) in [7, 11) is 0. The summed E-state index contributed by atoms with van der Waals surface area (Å²) in [5, 5.41) is 11.5. The van der Waals surface area contributed by atoms with Crippen molar-refractivity contribution >= 4 is 5.71 Å². The van der Waals surface area contributed by atoms with Crippen LogP contribution in [0.4, 0.5) is 0 Å². The maximum Gasteiger partial charge on any atom is 0.0543 e. The van der Waals surface area contributed by atoms with E-state index in [-0.39, 0.29) is 0 Å². The summed E-state index contributed by atoms with van der Waals surface area (Å²) < 4.78 is 0. The molecule has 2 nitrogen and oxygen atoms in total. The molecule has 0 spiro atoms. The molecule has 0 amide bonds. The van der Waals surface area contributed by atoms with Gasteiger partial charge in [-0.2, -0.15) is 0 Å². The number of rotatable bonds is 3. The molecule has 1 aromatic rings. The van der Waals surface area contributed by atoms with Crippen molar-refractivity contribution in [1.29, 1.82) is 0 Å². The summed E-state index contributed by atoms with van der Waals surface area (Å²) in [6.07, 6.45) is 1.76. The minimum absolute atomic E-state index is 0.777. The van der Waals surface area contributed by atoms with Crippen molar-refractivity contribution in [1.82, 2.24) is 0 Å². The van der Waals surface area contributed by atoms with Gasteiger partial charge in [0, 0.05) is 0 Å². The molecule has 64 valence electrons. The van der Waals surface area contributed by atoms with Gasteiger partial charge in [0.15, 0.2) is 0 Å². The van der Waals surface area contributed by atoms with Crippen LogP contribution in [0.1, 0.15) is 18.9 Å². The van der Waals surface area contributed by atoms with Gasteiger partial charge in [-0.25, -0.2) is 0 Å². The summed E-state index contributed by atoms with van der Waals surface area (Å²) in [6, 6.07) is 10.2. The Bertz CT molecular complexity index is 254. The van der Waals surface area contributed by atoms with E-state index >= 15 is 0 Å². The first-order valence-corrected chi connectivity index (χ1v) is 4.04. The van der Waals surface area contributed by atoms with Gasteiger partial charge in [-0.3, -0.25) is 0 Å². The van der Waals surface area contributed by atoms with Crippen LogP contribution in [0, 0.1) is 0 Å². The molecule has 0 bridgehead atoms. The van der Waals surface area contributed by atoms with Crippen molar-refractivity contribution in [3.8, 4) is 0 Å². The van der Waals surface area contributed by atoms with Crippen molar-refractivity contribution in [3.63, 3.8) is 0 Å². The molecule has 12 heavy (non-hydrogen) atoms. The Morgan fingerprint density at radius 3 is 2.58 bits per heavy atom. The second kappa shape index (κ2) is 4.54. The largest absolute Gasteiger partial charge is 0.411 e. The maximum absolute atomic E-state index is 8.40. The van der Waals surface area contributed by atoms with Crippen LogP contribution in [0.25, 0.3) is 0 Å².